The lowest BCUT2D eigenvalue weighted by Crippen LogP contribution is -2.70. The third kappa shape index (κ3) is 1.65. The largest absolute Gasteiger partial charge is 0.340 e. The van der Waals surface area contributed by atoms with Gasteiger partial charge in [-0.15, -0.1) is 0 Å². The van der Waals surface area contributed by atoms with Gasteiger partial charge in [0.2, 0.25) is 11.8 Å². The number of nitrogens with zero attached hydrogens (tertiary/aromatic N) is 1. The normalized spacial score (nSPS) is 35.8. The molecule has 100 valence electrons. The van der Waals surface area contributed by atoms with E-state index in [0.29, 0.717) is 5.92 Å². The Hall–Kier alpha value is -1.06. The Morgan fingerprint density at radius 1 is 1.17 bits per heavy atom. The van der Waals surface area contributed by atoms with Gasteiger partial charge in [0.1, 0.15) is 12.1 Å². The molecule has 0 radical (unpaired) electrons. The molecule has 1 unspecified atom stereocenters. The minimum Gasteiger partial charge on any atom is -0.340 e. The lowest BCUT2D eigenvalue weighted by molar-refractivity contribution is -0.156. The van der Waals surface area contributed by atoms with Crippen molar-refractivity contribution in [1.82, 2.24) is 10.2 Å². The van der Waals surface area contributed by atoms with Crippen LogP contribution in [0.5, 0.6) is 0 Å². The zero-order valence-electron chi connectivity index (χ0n) is 11.3. The van der Waals surface area contributed by atoms with Gasteiger partial charge in [-0.3, -0.25) is 9.59 Å². The van der Waals surface area contributed by atoms with E-state index >= 15 is 0 Å². The molecule has 0 spiro atoms. The Balaban J connectivity index is 1.90. The molecule has 0 aromatic carbocycles. The number of hydrogen-bond donors (Lipinski definition) is 1. The average molecular weight is 250 g/mol. The fourth-order valence-electron chi connectivity index (χ4n) is 3.66. The van der Waals surface area contributed by atoms with Crippen molar-refractivity contribution in [3.8, 4) is 0 Å². The predicted octanol–water partition coefficient (Wildman–Crippen LogP) is 1.45. The predicted molar refractivity (Wildman–Crippen MR) is 67.9 cm³/mol. The van der Waals surface area contributed by atoms with E-state index in [1.165, 1.54) is 12.8 Å². The standard InChI is InChI=1S/C14H22N2O2/c1-13(7-3-4-8-13)16-9-11(17)15-14(2,12(16)18)10-5-6-10/h10H,3-9H2,1-2H3,(H,15,17). The van der Waals surface area contributed by atoms with E-state index < -0.39 is 5.54 Å². The van der Waals surface area contributed by atoms with Gasteiger partial charge in [-0.2, -0.15) is 0 Å². The maximum absolute atomic E-state index is 12.8. The molecule has 18 heavy (non-hydrogen) atoms. The Bertz CT molecular complexity index is 397. The van der Waals surface area contributed by atoms with Crippen molar-refractivity contribution in [3.63, 3.8) is 0 Å². The summed E-state index contributed by atoms with van der Waals surface area (Å²) in [5.74, 6) is 0.507. The van der Waals surface area contributed by atoms with Crippen molar-refractivity contribution in [2.45, 2.75) is 63.5 Å². The van der Waals surface area contributed by atoms with Crippen molar-refractivity contribution in [2.24, 2.45) is 5.92 Å². The Kier molecular flexibility index (Phi) is 2.48. The molecule has 3 fully saturated rings. The summed E-state index contributed by atoms with van der Waals surface area (Å²) in [7, 11) is 0. The second-order valence-electron chi connectivity index (χ2n) is 6.62. The van der Waals surface area contributed by atoms with Crippen LogP contribution in [-0.2, 0) is 9.59 Å². The summed E-state index contributed by atoms with van der Waals surface area (Å²) in [5.41, 5.74) is -0.730. The van der Waals surface area contributed by atoms with Gasteiger partial charge >= 0.3 is 0 Å². The van der Waals surface area contributed by atoms with Crippen molar-refractivity contribution >= 4 is 11.8 Å². The van der Waals surface area contributed by atoms with E-state index in [0.717, 1.165) is 25.7 Å². The van der Waals surface area contributed by atoms with Crippen LogP contribution in [0.4, 0.5) is 0 Å². The van der Waals surface area contributed by atoms with Crippen molar-refractivity contribution < 1.29 is 9.59 Å². The first kappa shape index (κ1) is 12.0. The molecule has 3 rings (SSSR count). The Labute approximate surface area is 108 Å². The molecule has 0 bridgehead atoms. The average Bonchev–Trinajstić information content (AvgIpc) is 3.08. The van der Waals surface area contributed by atoms with E-state index in [1.807, 2.05) is 11.8 Å². The summed E-state index contributed by atoms with van der Waals surface area (Å²) >= 11 is 0. The number of nitrogens with one attached hydrogen (secondary N) is 1. The third-order valence-electron chi connectivity index (χ3n) is 5.12. The van der Waals surface area contributed by atoms with Crippen LogP contribution in [0.15, 0.2) is 0 Å². The van der Waals surface area contributed by atoms with Gasteiger partial charge < -0.3 is 10.2 Å². The second kappa shape index (κ2) is 3.72. The van der Waals surface area contributed by atoms with E-state index in [4.69, 9.17) is 0 Å². The number of piperazine rings is 1. The maximum atomic E-state index is 12.8. The van der Waals surface area contributed by atoms with Crippen LogP contribution in [0, 0.1) is 5.92 Å². The summed E-state index contributed by atoms with van der Waals surface area (Å²) in [5, 5.41) is 2.94. The van der Waals surface area contributed by atoms with Crippen LogP contribution in [0.2, 0.25) is 0 Å². The molecular formula is C14H22N2O2. The van der Waals surface area contributed by atoms with E-state index in [1.54, 1.807) is 0 Å². The first-order valence-corrected chi connectivity index (χ1v) is 7.09. The molecule has 1 N–H and O–H groups in total. The summed E-state index contributed by atoms with van der Waals surface area (Å²) in [6, 6.07) is 0. The minimum atomic E-state index is -0.638. The van der Waals surface area contributed by atoms with Gasteiger partial charge in [0, 0.05) is 5.54 Å². The molecule has 4 nitrogen and oxygen atoms in total. The molecule has 1 aliphatic heterocycles. The monoisotopic (exact) mass is 250 g/mol. The number of amides is 2. The SMILES string of the molecule is CC1(C2CC2)NC(=O)CN(C2(C)CCCC2)C1=O. The highest BCUT2D eigenvalue weighted by Crippen LogP contribution is 2.44. The number of carbonyl (C=O) groups excluding carboxylic acids is 2. The number of carbonyl (C=O) groups is 2. The van der Waals surface area contributed by atoms with Crippen molar-refractivity contribution in [1.29, 1.82) is 0 Å². The fraction of sp³-hybridized carbons (Fsp3) is 0.857. The van der Waals surface area contributed by atoms with Crippen molar-refractivity contribution in [2.75, 3.05) is 6.54 Å². The highest BCUT2D eigenvalue weighted by atomic mass is 16.2. The molecule has 2 saturated carbocycles. The van der Waals surface area contributed by atoms with Crippen LogP contribution >= 0.6 is 0 Å². The fourth-order valence-corrected chi connectivity index (χ4v) is 3.66. The molecule has 1 saturated heterocycles. The van der Waals surface area contributed by atoms with Crippen LogP contribution < -0.4 is 5.32 Å². The van der Waals surface area contributed by atoms with Gasteiger partial charge in [-0.1, -0.05) is 12.8 Å². The van der Waals surface area contributed by atoms with E-state index in [2.05, 4.69) is 12.2 Å². The summed E-state index contributed by atoms with van der Waals surface area (Å²) in [6.45, 7) is 4.30. The topological polar surface area (TPSA) is 49.4 Å². The smallest absolute Gasteiger partial charge is 0.249 e. The summed E-state index contributed by atoms with van der Waals surface area (Å²) < 4.78 is 0. The van der Waals surface area contributed by atoms with E-state index in [-0.39, 0.29) is 23.9 Å². The van der Waals surface area contributed by atoms with Gasteiger partial charge in [-0.05, 0) is 45.4 Å². The molecule has 1 atom stereocenters. The minimum absolute atomic E-state index is 0.0112. The third-order valence-corrected chi connectivity index (χ3v) is 5.12. The lowest BCUT2D eigenvalue weighted by atomic mass is 9.87. The summed E-state index contributed by atoms with van der Waals surface area (Å²) in [4.78, 5) is 26.6. The van der Waals surface area contributed by atoms with Crippen molar-refractivity contribution in [3.05, 3.63) is 0 Å². The molecule has 2 aliphatic carbocycles. The molecule has 4 heteroatoms. The quantitative estimate of drug-likeness (QED) is 0.806. The van der Waals surface area contributed by atoms with Crippen LogP contribution in [-0.4, -0.2) is 34.3 Å². The second-order valence-corrected chi connectivity index (χ2v) is 6.62. The molecule has 2 amide bonds. The van der Waals surface area contributed by atoms with Gasteiger partial charge in [-0.25, -0.2) is 0 Å². The molecule has 0 aromatic heterocycles. The number of rotatable bonds is 2. The zero-order chi connectivity index (χ0) is 13.0. The Morgan fingerprint density at radius 3 is 2.33 bits per heavy atom. The molecule has 1 heterocycles. The van der Waals surface area contributed by atoms with E-state index in [9.17, 15) is 9.59 Å². The first-order chi connectivity index (χ1) is 8.46. The van der Waals surface area contributed by atoms with Gasteiger partial charge in [0.05, 0.1) is 0 Å². The summed E-state index contributed by atoms with van der Waals surface area (Å²) in [6.07, 6.45) is 6.53. The van der Waals surface area contributed by atoms with Gasteiger partial charge in [0.15, 0.2) is 0 Å². The van der Waals surface area contributed by atoms with Crippen LogP contribution in [0.3, 0.4) is 0 Å². The lowest BCUT2D eigenvalue weighted by Gasteiger charge is -2.47. The number of hydrogen-bond acceptors (Lipinski definition) is 2. The molecular weight excluding hydrogens is 228 g/mol. The van der Waals surface area contributed by atoms with Crippen LogP contribution in [0.1, 0.15) is 52.4 Å². The van der Waals surface area contributed by atoms with Gasteiger partial charge in [0.25, 0.3) is 0 Å². The zero-order valence-corrected chi connectivity index (χ0v) is 11.3. The molecule has 3 aliphatic rings. The Morgan fingerprint density at radius 2 is 1.78 bits per heavy atom. The maximum Gasteiger partial charge on any atom is 0.249 e. The van der Waals surface area contributed by atoms with Crippen LogP contribution in [0.25, 0.3) is 0 Å². The first-order valence-electron chi connectivity index (χ1n) is 7.09. The molecule has 0 aromatic rings. The highest BCUT2D eigenvalue weighted by Gasteiger charge is 2.55. The highest BCUT2D eigenvalue weighted by molar-refractivity contribution is 5.98.